The monoisotopic (exact) mass is 326 g/mol. The molecule has 0 saturated carbocycles. The Kier molecular flexibility index (Phi) is 6.99. The molecule has 0 spiro atoms. The lowest BCUT2D eigenvalue weighted by Crippen LogP contribution is -2.46. The lowest BCUT2D eigenvalue weighted by molar-refractivity contribution is -0.137. The van der Waals surface area contributed by atoms with E-state index in [1.165, 1.54) is 12.1 Å². The summed E-state index contributed by atoms with van der Waals surface area (Å²) in [6, 6.07) is 4.36. The van der Waals surface area contributed by atoms with E-state index in [4.69, 9.17) is 10.5 Å². The number of halogens is 4. The molecule has 21 heavy (non-hydrogen) atoms. The average Bonchev–Trinajstić information content (AvgIpc) is 2.32. The predicted octanol–water partition coefficient (Wildman–Crippen LogP) is 2.36. The molecule has 1 amide bonds. The van der Waals surface area contributed by atoms with Crippen LogP contribution in [0.25, 0.3) is 0 Å². The van der Waals surface area contributed by atoms with Crippen LogP contribution in [0.5, 0.6) is 5.75 Å². The molecule has 0 aliphatic rings. The zero-order chi connectivity index (χ0) is 15.4. The van der Waals surface area contributed by atoms with Crippen molar-refractivity contribution in [2.24, 2.45) is 5.73 Å². The number of alkyl halides is 3. The second-order valence-electron chi connectivity index (χ2n) is 5.08. The van der Waals surface area contributed by atoms with E-state index in [9.17, 15) is 18.0 Å². The van der Waals surface area contributed by atoms with Gasteiger partial charge in [0.15, 0.2) is 6.61 Å². The summed E-state index contributed by atoms with van der Waals surface area (Å²) in [7, 11) is 0. The summed E-state index contributed by atoms with van der Waals surface area (Å²) in [5.74, 6) is -0.456. The predicted molar refractivity (Wildman–Crippen MR) is 75.5 cm³/mol. The van der Waals surface area contributed by atoms with Gasteiger partial charge in [-0.15, -0.1) is 12.4 Å². The fourth-order valence-electron chi connectivity index (χ4n) is 1.29. The van der Waals surface area contributed by atoms with Gasteiger partial charge in [-0.25, -0.2) is 0 Å². The molecular weight excluding hydrogens is 309 g/mol. The summed E-state index contributed by atoms with van der Waals surface area (Å²) >= 11 is 0. The Balaban J connectivity index is 0.00000400. The van der Waals surface area contributed by atoms with Crippen molar-refractivity contribution in [3.63, 3.8) is 0 Å². The highest BCUT2D eigenvalue weighted by atomic mass is 35.5. The molecule has 1 aromatic rings. The Morgan fingerprint density at radius 1 is 1.33 bits per heavy atom. The van der Waals surface area contributed by atoms with Crippen molar-refractivity contribution in [3.8, 4) is 5.75 Å². The maximum atomic E-state index is 12.5. The maximum absolute atomic E-state index is 12.5. The number of carbonyl (C=O) groups excluding carboxylic acids is 1. The first-order valence-electron chi connectivity index (χ1n) is 5.93. The van der Waals surface area contributed by atoms with Crippen LogP contribution in [0.1, 0.15) is 19.4 Å². The highest BCUT2D eigenvalue weighted by Crippen LogP contribution is 2.31. The molecular formula is C13H18ClF3N2O2. The molecule has 0 fully saturated rings. The Bertz CT molecular complexity index is 473. The highest BCUT2D eigenvalue weighted by Gasteiger charge is 2.30. The summed E-state index contributed by atoms with van der Waals surface area (Å²) in [6.45, 7) is 3.36. The fraction of sp³-hybridized carbons (Fsp3) is 0.462. The maximum Gasteiger partial charge on any atom is 0.416 e. The molecule has 0 bridgehead atoms. The third-order valence-electron chi connectivity index (χ3n) is 2.27. The zero-order valence-corrected chi connectivity index (χ0v) is 12.5. The Labute approximate surface area is 127 Å². The Morgan fingerprint density at radius 3 is 2.48 bits per heavy atom. The Morgan fingerprint density at radius 2 is 1.95 bits per heavy atom. The van der Waals surface area contributed by atoms with Gasteiger partial charge in [-0.3, -0.25) is 4.79 Å². The molecule has 1 rings (SSSR count). The summed E-state index contributed by atoms with van der Waals surface area (Å²) in [4.78, 5) is 11.4. The lowest BCUT2D eigenvalue weighted by Gasteiger charge is -2.19. The summed E-state index contributed by atoms with van der Waals surface area (Å²) < 4.78 is 42.4. The second kappa shape index (κ2) is 7.51. The number of benzene rings is 1. The minimum atomic E-state index is -4.44. The van der Waals surface area contributed by atoms with Crippen molar-refractivity contribution in [1.29, 1.82) is 0 Å². The lowest BCUT2D eigenvalue weighted by atomic mass is 10.1. The van der Waals surface area contributed by atoms with Crippen LogP contribution >= 0.6 is 12.4 Å². The summed E-state index contributed by atoms with van der Waals surface area (Å²) in [5.41, 5.74) is 4.29. The molecule has 4 nitrogen and oxygen atoms in total. The van der Waals surface area contributed by atoms with E-state index in [0.29, 0.717) is 0 Å². The van der Waals surface area contributed by atoms with Crippen LogP contribution < -0.4 is 15.8 Å². The van der Waals surface area contributed by atoms with Crippen molar-refractivity contribution >= 4 is 18.3 Å². The minimum absolute atomic E-state index is 0. The van der Waals surface area contributed by atoms with Crippen LogP contribution in [0.4, 0.5) is 13.2 Å². The largest absolute Gasteiger partial charge is 0.484 e. The molecule has 8 heteroatoms. The number of amides is 1. The average molecular weight is 327 g/mol. The van der Waals surface area contributed by atoms with Crippen molar-refractivity contribution in [2.75, 3.05) is 13.2 Å². The van der Waals surface area contributed by atoms with Gasteiger partial charge in [-0.2, -0.15) is 13.2 Å². The van der Waals surface area contributed by atoms with E-state index >= 15 is 0 Å². The summed E-state index contributed by atoms with van der Waals surface area (Å²) in [5, 5.41) is 2.53. The van der Waals surface area contributed by atoms with Gasteiger partial charge in [0.1, 0.15) is 5.75 Å². The number of nitrogens with one attached hydrogen (secondary N) is 1. The van der Waals surface area contributed by atoms with E-state index in [0.717, 1.165) is 12.1 Å². The van der Waals surface area contributed by atoms with Gasteiger partial charge >= 0.3 is 6.18 Å². The molecule has 0 heterocycles. The molecule has 0 aliphatic carbocycles. The van der Waals surface area contributed by atoms with Crippen molar-refractivity contribution in [2.45, 2.75) is 25.6 Å². The SMILES string of the molecule is CC(C)(N)CNC(=O)COc1cccc(C(F)(F)F)c1.Cl. The van der Waals surface area contributed by atoms with Crippen LogP contribution in [-0.2, 0) is 11.0 Å². The van der Waals surface area contributed by atoms with Gasteiger partial charge in [0, 0.05) is 12.1 Å². The fourth-order valence-corrected chi connectivity index (χ4v) is 1.29. The van der Waals surface area contributed by atoms with Crippen molar-refractivity contribution in [3.05, 3.63) is 29.8 Å². The van der Waals surface area contributed by atoms with Gasteiger partial charge < -0.3 is 15.8 Å². The first-order valence-corrected chi connectivity index (χ1v) is 5.93. The van der Waals surface area contributed by atoms with Gasteiger partial charge in [-0.1, -0.05) is 6.07 Å². The topological polar surface area (TPSA) is 64.3 Å². The third-order valence-corrected chi connectivity index (χ3v) is 2.27. The minimum Gasteiger partial charge on any atom is -0.484 e. The number of carbonyl (C=O) groups is 1. The van der Waals surface area contributed by atoms with Gasteiger partial charge in [0.25, 0.3) is 5.91 Å². The first-order chi connectivity index (χ1) is 9.08. The van der Waals surface area contributed by atoms with Crippen molar-refractivity contribution in [1.82, 2.24) is 5.32 Å². The van der Waals surface area contributed by atoms with Crippen LogP contribution in [0.3, 0.4) is 0 Å². The molecule has 0 unspecified atom stereocenters. The van der Waals surface area contributed by atoms with Crippen molar-refractivity contribution < 1.29 is 22.7 Å². The van der Waals surface area contributed by atoms with Crippen LogP contribution in [0, 0.1) is 0 Å². The second-order valence-corrected chi connectivity index (χ2v) is 5.08. The van der Waals surface area contributed by atoms with E-state index < -0.39 is 23.2 Å². The normalized spacial score (nSPS) is 11.5. The van der Waals surface area contributed by atoms with Gasteiger partial charge in [0.05, 0.1) is 5.56 Å². The van der Waals surface area contributed by atoms with E-state index in [2.05, 4.69) is 5.32 Å². The van der Waals surface area contributed by atoms with Crippen LogP contribution in [0.15, 0.2) is 24.3 Å². The summed E-state index contributed by atoms with van der Waals surface area (Å²) in [6.07, 6.45) is -4.44. The number of hydrogen-bond acceptors (Lipinski definition) is 3. The smallest absolute Gasteiger partial charge is 0.416 e. The van der Waals surface area contributed by atoms with Crippen LogP contribution in [-0.4, -0.2) is 24.6 Å². The van der Waals surface area contributed by atoms with E-state index in [1.54, 1.807) is 13.8 Å². The first kappa shape index (κ1) is 19.5. The molecule has 120 valence electrons. The molecule has 0 aromatic heterocycles. The number of rotatable bonds is 5. The van der Waals surface area contributed by atoms with E-state index in [1.807, 2.05) is 0 Å². The molecule has 0 saturated heterocycles. The standard InChI is InChI=1S/C13H17F3N2O2.ClH/c1-12(2,17)8-18-11(19)7-20-10-5-3-4-9(6-10)13(14,15)16;/h3-6H,7-8,17H2,1-2H3,(H,18,19);1H. The van der Waals surface area contributed by atoms with Crippen LogP contribution in [0.2, 0.25) is 0 Å². The third kappa shape index (κ3) is 7.77. The molecule has 0 radical (unpaired) electrons. The Hall–Kier alpha value is -1.47. The van der Waals surface area contributed by atoms with E-state index in [-0.39, 0.29) is 31.3 Å². The number of ether oxygens (including phenoxy) is 1. The molecule has 1 aromatic carbocycles. The van der Waals surface area contributed by atoms with Gasteiger partial charge in [-0.05, 0) is 32.0 Å². The quantitative estimate of drug-likeness (QED) is 0.873. The molecule has 0 atom stereocenters. The number of nitrogens with two attached hydrogens (primary N) is 1. The zero-order valence-electron chi connectivity index (χ0n) is 11.7. The highest BCUT2D eigenvalue weighted by molar-refractivity contribution is 5.85. The molecule has 3 N–H and O–H groups in total. The van der Waals surface area contributed by atoms with Gasteiger partial charge in [0.2, 0.25) is 0 Å². The number of hydrogen-bond donors (Lipinski definition) is 2. The molecule has 0 aliphatic heterocycles.